The van der Waals surface area contributed by atoms with Crippen LogP contribution in [0.3, 0.4) is 0 Å². The lowest BCUT2D eigenvalue weighted by atomic mass is 9.91. The van der Waals surface area contributed by atoms with Crippen LogP contribution in [0.4, 0.5) is 5.69 Å². The fourth-order valence-electron chi connectivity index (χ4n) is 6.00. The maximum absolute atomic E-state index is 13.2. The first-order valence-corrected chi connectivity index (χ1v) is 14.6. The van der Waals surface area contributed by atoms with Crippen molar-refractivity contribution in [3.05, 3.63) is 65.4 Å². The van der Waals surface area contributed by atoms with Crippen LogP contribution < -0.4 is 5.32 Å². The first kappa shape index (κ1) is 28.9. The number of nitrogens with zero attached hydrogens (tertiary/aromatic N) is 2. The summed E-state index contributed by atoms with van der Waals surface area (Å²) in [5.41, 5.74) is 6.05. The number of piperidine rings is 1. The van der Waals surface area contributed by atoms with Gasteiger partial charge < -0.3 is 19.5 Å². The summed E-state index contributed by atoms with van der Waals surface area (Å²) in [4.78, 5) is 27.3. The first-order chi connectivity index (χ1) is 18.9. The van der Waals surface area contributed by atoms with Crippen LogP contribution in [0.5, 0.6) is 0 Å². The molecule has 0 saturated carbocycles. The second kappa shape index (κ2) is 13.8. The number of hydrogen-bond acceptors (Lipinski definition) is 3. The van der Waals surface area contributed by atoms with Crippen LogP contribution in [0.1, 0.15) is 75.1 Å². The summed E-state index contributed by atoms with van der Waals surface area (Å²) in [6.45, 7) is 9.65. The maximum Gasteiger partial charge on any atom is 0.224 e. The molecule has 6 nitrogen and oxygen atoms in total. The number of methoxy groups -OCH3 is 1. The number of aryl methyl sites for hydroxylation is 3. The minimum atomic E-state index is 0.0497. The number of para-hydroxylation sites is 1. The number of amides is 2. The van der Waals surface area contributed by atoms with Gasteiger partial charge in [-0.1, -0.05) is 44.2 Å². The van der Waals surface area contributed by atoms with Crippen LogP contribution in [-0.4, -0.2) is 48.1 Å². The van der Waals surface area contributed by atoms with E-state index < -0.39 is 0 Å². The molecule has 1 unspecified atom stereocenters. The van der Waals surface area contributed by atoms with E-state index in [1.807, 2.05) is 26.0 Å². The van der Waals surface area contributed by atoms with E-state index in [1.54, 1.807) is 7.11 Å². The molecule has 2 aromatic carbocycles. The normalized spacial score (nSPS) is 15.7. The molecule has 0 bridgehead atoms. The Hall–Kier alpha value is -3.12. The summed E-state index contributed by atoms with van der Waals surface area (Å²) < 4.78 is 7.82. The predicted octanol–water partition coefficient (Wildman–Crippen LogP) is 6.70. The molecule has 1 fully saturated rings. The van der Waals surface area contributed by atoms with Crippen LogP contribution in [0.15, 0.2) is 48.5 Å². The SMILES string of the molecule is COCCCn1c(C2CCCN(C(=O)CCCc3ccc(NC(=O)CC(C)C)cc3)C2)c(C)c2ccccc21. The second-order valence-corrected chi connectivity index (χ2v) is 11.4. The molecule has 2 heterocycles. The highest BCUT2D eigenvalue weighted by molar-refractivity contribution is 5.90. The van der Waals surface area contributed by atoms with Crippen molar-refractivity contribution < 1.29 is 14.3 Å². The lowest BCUT2D eigenvalue weighted by Crippen LogP contribution is -2.39. The molecule has 1 N–H and O–H groups in total. The number of ether oxygens (including phenoxy) is 1. The third kappa shape index (κ3) is 7.51. The number of nitrogens with one attached hydrogen (secondary N) is 1. The first-order valence-electron chi connectivity index (χ1n) is 14.6. The molecular formula is C33H45N3O3. The van der Waals surface area contributed by atoms with Gasteiger partial charge in [0, 0.05) is 74.4 Å². The zero-order chi connectivity index (χ0) is 27.8. The van der Waals surface area contributed by atoms with Gasteiger partial charge in [-0.2, -0.15) is 0 Å². The van der Waals surface area contributed by atoms with Crippen LogP contribution >= 0.6 is 0 Å². The fourth-order valence-corrected chi connectivity index (χ4v) is 6.00. The van der Waals surface area contributed by atoms with Gasteiger partial charge in [0.25, 0.3) is 0 Å². The van der Waals surface area contributed by atoms with Crippen molar-refractivity contribution in [3.8, 4) is 0 Å². The number of benzene rings is 2. The van der Waals surface area contributed by atoms with Crippen molar-refractivity contribution in [3.63, 3.8) is 0 Å². The van der Waals surface area contributed by atoms with Gasteiger partial charge in [0.05, 0.1) is 0 Å². The number of fused-ring (bicyclic) bond motifs is 1. The average molecular weight is 532 g/mol. The number of carbonyl (C=O) groups excluding carboxylic acids is 2. The molecule has 1 aliphatic heterocycles. The van der Waals surface area contributed by atoms with Gasteiger partial charge in [0.1, 0.15) is 0 Å². The molecule has 0 aliphatic carbocycles. The van der Waals surface area contributed by atoms with Crippen LogP contribution in [0.2, 0.25) is 0 Å². The summed E-state index contributed by atoms with van der Waals surface area (Å²) in [6.07, 6.45) is 5.91. The zero-order valence-corrected chi connectivity index (χ0v) is 24.2. The summed E-state index contributed by atoms with van der Waals surface area (Å²) in [5.74, 6) is 1.01. The van der Waals surface area contributed by atoms with Crippen LogP contribution in [0, 0.1) is 12.8 Å². The summed E-state index contributed by atoms with van der Waals surface area (Å²) >= 11 is 0. The highest BCUT2D eigenvalue weighted by Gasteiger charge is 2.29. The van der Waals surface area contributed by atoms with Crippen LogP contribution in [0.25, 0.3) is 10.9 Å². The van der Waals surface area contributed by atoms with E-state index in [2.05, 4.69) is 58.1 Å². The van der Waals surface area contributed by atoms with Crippen molar-refractivity contribution in [2.45, 2.75) is 78.2 Å². The van der Waals surface area contributed by atoms with E-state index in [4.69, 9.17) is 4.74 Å². The molecule has 1 aromatic heterocycles. The second-order valence-electron chi connectivity index (χ2n) is 11.4. The number of hydrogen-bond donors (Lipinski definition) is 1. The third-order valence-corrected chi connectivity index (χ3v) is 7.85. The summed E-state index contributed by atoms with van der Waals surface area (Å²) in [6, 6.07) is 16.7. The minimum Gasteiger partial charge on any atom is -0.385 e. The quantitative estimate of drug-likeness (QED) is 0.265. The van der Waals surface area contributed by atoms with E-state index >= 15 is 0 Å². The molecule has 2 amide bonds. The van der Waals surface area contributed by atoms with Crippen molar-refractivity contribution in [1.29, 1.82) is 0 Å². The van der Waals surface area contributed by atoms with E-state index in [9.17, 15) is 9.59 Å². The average Bonchev–Trinajstić information content (AvgIpc) is 3.21. The number of carbonyl (C=O) groups is 2. The van der Waals surface area contributed by atoms with E-state index in [0.717, 1.165) is 64.0 Å². The Morgan fingerprint density at radius 1 is 1.08 bits per heavy atom. The van der Waals surface area contributed by atoms with Crippen molar-refractivity contribution in [2.24, 2.45) is 5.92 Å². The smallest absolute Gasteiger partial charge is 0.224 e. The van der Waals surface area contributed by atoms with Gasteiger partial charge in [-0.25, -0.2) is 0 Å². The van der Waals surface area contributed by atoms with Gasteiger partial charge in [-0.05, 0) is 74.3 Å². The number of rotatable bonds is 12. The van der Waals surface area contributed by atoms with Crippen molar-refractivity contribution in [1.82, 2.24) is 9.47 Å². The minimum absolute atomic E-state index is 0.0497. The topological polar surface area (TPSA) is 63.6 Å². The number of likely N-dealkylation sites (tertiary alicyclic amines) is 1. The Bertz CT molecular complexity index is 1250. The van der Waals surface area contributed by atoms with Gasteiger partial charge in [0.15, 0.2) is 0 Å². The Labute approximate surface area is 233 Å². The molecule has 39 heavy (non-hydrogen) atoms. The predicted molar refractivity (Wildman–Crippen MR) is 159 cm³/mol. The molecule has 1 aliphatic rings. The lowest BCUT2D eigenvalue weighted by molar-refractivity contribution is -0.132. The Balaban J connectivity index is 1.34. The van der Waals surface area contributed by atoms with E-state index in [-0.39, 0.29) is 11.8 Å². The van der Waals surface area contributed by atoms with Gasteiger partial charge in [-0.3, -0.25) is 9.59 Å². The monoisotopic (exact) mass is 531 g/mol. The van der Waals surface area contributed by atoms with Crippen LogP contribution in [-0.2, 0) is 27.3 Å². The largest absolute Gasteiger partial charge is 0.385 e. The standard InChI is InChI=1S/C33H45N3O3/c1-24(2)22-31(37)34-28-17-15-26(16-18-28)10-7-14-32(38)35-19-8-11-27(23-35)33-25(3)29-12-5-6-13-30(29)36(33)20-9-21-39-4/h5-6,12-13,15-18,24,27H,7-11,14,19-23H2,1-4H3,(H,34,37). The molecule has 4 rings (SSSR count). The number of anilines is 1. The Morgan fingerprint density at radius 2 is 1.85 bits per heavy atom. The van der Waals surface area contributed by atoms with Gasteiger partial charge >= 0.3 is 0 Å². The third-order valence-electron chi connectivity index (χ3n) is 7.85. The molecule has 6 heteroatoms. The van der Waals surface area contributed by atoms with Gasteiger partial charge in [0.2, 0.25) is 11.8 Å². The lowest BCUT2D eigenvalue weighted by Gasteiger charge is -2.34. The molecule has 210 valence electrons. The highest BCUT2D eigenvalue weighted by Crippen LogP contribution is 2.36. The molecular weight excluding hydrogens is 486 g/mol. The Kier molecular flexibility index (Phi) is 10.2. The molecule has 0 radical (unpaired) electrons. The van der Waals surface area contributed by atoms with Gasteiger partial charge in [-0.15, -0.1) is 0 Å². The van der Waals surface area contributed by atoms with E-state index in [0.29, 0.717) is 24.7 Å². The summed E-state index contributed by atoms with van der Waals surface area (Å²) in [5, 5.41) is 4.28. The zero-order valence-electron chi connectivity index (χ0n) is 24.2. The molecule has 1 saturated heterocycles. The van der Waals surface area contributed by atoms with Crippen molar-refractivity contribution >= 4 is 28.4 Å². The molecule has 3 aromatic rings. The molecule has 0 spiro atoms. The molecule has 1 atom stereocenters. The maximum atomic E-state index is 13.2. The van der Waals surface area contributed by atoms with E-state index in [1.165, 1.54) is 27.7 Å². The number of aromatic nitrogens is 1. The highest BCUT2D eigenvalue weighted by atomic mass is 16.5. The fraction of sp³-hybridized carbons (Fsp3) is 0.515. The Morgan fingerprint density at radius 3 is 2.59 bits per heavy atom. The van der Waals surface area contributed by atoms with Crippen molar-refractivity contribution in [2.75, 3.05) is 32.1 Å². The summed E-state index contributed by atoms with van der Waals surface area (Å²) in [7, 11) is 1.76.